The van der Waals surface area contributed by atoms with Gasteiger partial charge in [0.1, 0.15) is 0 Å². The van der Waals surface area contributed by atoms with Crippen molar-refractivity contribution in [3.05, 3.63) is 35.4 Å². The van der Waals surface area contributed by atoms with Crippen LogP contribution in [-0.4, -0.2) is 11.4 Å². The summed E-state index contributed by atoms with van der Waals surface area (Å²) in [5.74, 6) is 0.154. The third-order valence-corrected chi connectivity index (χ3v) is 4.44. The maximum Gasteiger partial charge on any atom is 0.231 e. The van der Waals surface area contributed by atoms with E-state index in [-0.39, 0.29) is 22.4 Å². The van der Waals surface area contributed by atoms with Gasteiger partial charge in [-0.25, -0.2) is 0 Å². The van der Waals surface area contributed by atoms with Gasteiger partial charge in [-0.05, 0) is 57.6 Å². The minimum Gasteiger partial charge on any atom is -0.351 e. The standard InChI is InChI=1S/C17H24N2O/c1-15(2,3)19-14(20)16(8-9-16)12-6-4-5-7-13(12)17(18)10-11-17/h4-7H,8-11,18H2,1-3H3,(H,19,20). The summed E-state index contributed by atoms with van der Waals surface area (Å²) in [5, 5.41) is 3.14. The summed E-state index contributed by atoms with van der Waals surface area (Å²) in [6.45, 7) is 6.08. The average Bonchev–Trinajstić information content (AvgIpc) is 3.23. The molecule has 0 atom stereocenters. The van der Waals surface area contributed by atoms with Crippen LogP contribution < -0.4 is 11.1 Å². The second-order valence-corrected chi connectivity index (χ2v) is 7.49. The van der Waals surface area contributed by atoms with Crippen LogP contribution in [0.4, 0.5) is 0 Å². The smallest absolute Gasteiger partial charge is 0.231 e. The van der Waals surface area contributed by atoms with Gasteiger partial charge in [0.2, 0.25) is 5.91 Å². The summed E-state index contributed by atoms with van der Waals surface area (Å²) in [6, 6.07) is 8.25. The molecule has 0 unspecified atom stereocenters. The normalized spacial score (nSPS) is 22.2. The number of hydrogen-bond acceptors (Lipinski definition) is 2. The highest BCUT2D eigenvalue weighted by atomic mass is 16.2. The maximum absolute atomic E-state index is 12.7. The van der Waals surface area contributed by atoms with Crippen LogP contribution in [0.3, 0.4) is 0 Å². The van der Waals surface area contributed by atoms with E-state index < -0.39 is 0 Å². The molecule has 0 radical (unpaired) electrons. The molecular formula is C17H24N2O. The van der Waals surface area contributed by atoms with Gasteiger partial charge < -0.3 is 11.1 Å². The number of benzene rings is 1. The minimum atomic E-state index is -0.334. The van der Waals surface area contributed by atoms with Crippen molar-refractivity contribution >= 4 is 5.91 Å². The van der Waals surface area contributed by atoms with Crippen LogP contribution in [-0.2, 0) is 15.7 Å². The van der Waals surface area contributed by atoms with Crippen LogP contribution >= 0.6 is 0 Å². The summed E-state index contributed by atoms with van der Waals surface area (Å²) >= 11 is 0. The largest absolute Gasteiger partial charge is 0.351 e. The Morgan fingerprint density at radius 2 is 1.65 bits per heavy atom. The first-order valence-corrected chi connectivity index (χ1v) is 7.48. The molecular weight excluding hydrogens is 248 g/mol. The molecule has 1 aromatic rings. The topological polar surface area (TPSA) is 55.1 Å². The number of nitrogens with one attached hydrogen (secondary N) is 1. The Morgan fingerprint density at radius 3 is 2.10 bits per heavy atom. The number of carbonyl (C=O) groups is 1. The number of hydrogen-bond donors (Lipinski definition) is 2. The molecule has 3 rings (SSSR count). The van der Waals surface area contributed by atoms with Crippen molar-refractivity contribution in [2.45, 2.75) is 62.9 Å². The molecule has 2 saturated carbocycles. The molecule has 1 amide bonds. The van der Waals surface area contributed by atoms with Crippen LogP contribution in [0.1, 0.15) is 57.6 Å². The second-order valence-electron chi connectivity index (χ2n) is 7.49. The van der Waals surface area contributed by atoms with Crippen LogP contribution in [0, 0.1) is 0 Å². The van der Waals surface area contributed by atoms with E-state index in [2.05, 4.69) is 17.4 Å². The van der Waals surface area contributed by atoms with E-state index in [0.717, 1.165) is 31.2 Å². The van der Waals surface area contributed by atoms with Crippen molar-refractivity contribution in [1.82, 2.24) is 5.32 Å². The molecule has 2 fully saturated rings. The SMILES string of the molecule is CC(C)(C)NC(=O)C1(c2ccccc2C2(N)CC2)CC1. The molecule has 1 aromatic carbocycles. The van der Waals surface area contributed by atoms with Crippen LogP contribution in [0.2, 0.25) is 0 Å². The van der Waals surface area contributed by atoms with E-state index in [1.54, 1.807) is 0 Å². The second kappa shape index (κ2) is 4.08. The Kier molecular flexibility index (Phi) is 2.78. The van der Waals surface area contributed by atoms with Crippen molar-refractivity contribution in [3.63, 3.8) is 0 Å². The van der Waals surface area contributed by atoms with Gasteiger partial charge in [-0.3, -0.25) is 4.79 Å². The van der Waals surface area contributed by atoms with Gasteiger partial charge in [0.25, 0.3) is 0 Å². The summed E-state index contributed by atoms with van der Waals surface area (Å²) < 4.78 is 0. The van der Waals surface area contributed by atoms with E-state index in [9.17, 15) is 4.79 Å². The van der Waals surface area contributed by atoms with Crippen LogP contribution in [0.5, 0.6) is 0 Å². The molecule has 2 aliphatic carbocycles. The Labute approximate surface area is 120 Å². The highest BCUT2D eigenvalue weighted by Gasteiger charge is 2.55. The fourth-order valence-electron chi connectivity index (χ4n) is 2.94. The van der Waals surface area contributed by atoms with E-state index in [4.69, 9.17) is 5.73 Å². The molecule has 0 heterocycles. The van der Waals surface area contributed by atoms with Gasteiger partial charge in [0.15, 0.2) is 0 Å². The Balaban J connectivity index is 1.95. The third-order valence-electron chi connectivity index (χ3n) is 4.44. The van der Waals surface area contributed by atoms with Gasteiger partial charge in [-0.15, -0.1) is 0 Å². The molecule has 0 aromatic heterocycles. The van der Waals surface area contributed by atoms with Crippen LogP contribution in [0.25, 0.3) is 0 Å². The highest BCUT2D eigenvalue weighted by Crippen LogP contribution is 2.54. The molecule has 2 aliphatic rings. The lowest BCUT2D eigenvalue weighted by Gasteiger charge is -2.27. The molecule has 3 heteroatoms. The monoisotopic (exact) mass is 272 g/mol. The predicted octanol–water partition coefficient (Wildman–Crippen LogP) is 2.58. The summed E-state index contributed by atoms with van der Waals surface area (Å²) in [5.41, 5.74) is 8.01. The van der Waals surface area contributed by atoms with E-state index in [0.29, 0.717) is 0 Å². The molecule has 108 valence electrons. The van der Waals surface area contributed by atoms with Gasteiger partial charge in [0, 0.05) is 11.1 Å². The molecule has 20 heavy (non-hydrogen) atoms. The van der Waals surface area contributed by atoms with Gasteiger partial charge in [-0.1, -0.05) is 24.3 Å². The van der Waals surface area contributed by atoms with Gasteiger partial charge in [0.05, 0.1) is 5.41 Å². The fourth-order valence-corrected chi connectivity index (χ4v) is 2.94. The summed E-state index contributed by atoms with van der Waals surface area (Å²) in [7, 11) is 0. The van der Waals surface area contributed by atoms with Crippen LogP contribution in [0.15, 0.2) is 24.3 Å². The minimum absolute atomic E-state index is 0.154. The van der Waals surface area contributed by atoms with Crippen molar-refractivity contribution in [1.29, 1.82) is 0 Å². The lowest BCUT2D eigenvalue weighted by molar-refractivity contribution is -0.125. The summed E-state index contributed by atoms with van der Waals surface area (Å²) in [6.07, 6.45) is 3.92. The van der Waals surface area contributed by atoms with Crippen molar-refractivity contribution in [2.24, 2.45) is 5.73 Å². The lowest BCUT2D eigenvalue weighted by Crippen LogP contribution is -2.46. The number of nitrogens with two attached hydrogens (primary N) is 1. The first-order valence-electron chi connectivity index (χ1n) is 7.48. The maximum atomic E-state index is 12.7. The van der Waals surface area contributed by atoms with Gasteiger partial charge >= 0.3 is 0 Å². The molecule has 3 nitrogen and oxygen atoms in total. The Bertz CT molecular complexity index is 548. The zero-order valence-electron chi connectivity index (χ0n) is 12.6. The Hall–Kier alpha value is -1.35. The number of amides is 1. The molecule has 3 N–H and O–H groups in total. The molecule has 0 aliphatic heterocycles. The van der Waals surface area contributed by atoms with Crippen molar-refractivity contribution < 1.29 is 4.79 Å². The quantitative estimate of drug-likeness (QED) is 0.888. The lowest BCUT2D eigenvalue weighted by atomic mass is 9.86. The van der Waals surface area contributed by atoms with E-state index >= 15 is 0 Å². The first kappa shape index (κ1) is 13.6. The Morgan fingerprint density at radius 1 is 1.10 bits per heavy atom. The number of carbonyl (C=O) groups excluding carboxylic acids is 1. The molecule has 0 spiro atoms. The van der Waals surface area contributed by atoms with Gasteiger partial charge in [-0.2, -0.15) is 0 Å². The number of rotatable bonds is 3. The average molecular weight is 272 g/mol. The third kappa shape index (κ3) is 2.24. The summed E-state index contributed by atoms with van der Waals surface area (Å²) in [4.78, 5) is 12.7. The zero-order chi connectivity index (χ0) is 14.6. The van der Waals surface area contributed by atoms with Crippen molar-refractivity contribution in [2.75, 3.05) is 0 Å². The fraction of sp³-hybridized carbons (Fsp3) is 0.588. The highest BCUT2D eigenvalue weighted by molar-refractivity contribution is 5.92. The molecule has 0 bridgehead atoms. The van der Waals surface area contributed by atoms with E-state index in [1.165, 1.54) is 5.56 Å². The zero-order valence-corrected chi connectivity index (χ0v) is 12.6. The van der Waals surface area contributed by atoms with E-state index in [1.807, 2.05) is 32.9 Å². The first-order chi connectivity index (χ1) is 9.27. The molecule has 0 saturated heterocycles. The van der Waals surface area contributed by atoms with Crippen molar-refractivity contribution in [3.8, 4) is 0 Å². The predicted molar refractivity (Wildman–Crippen MR) is 80.3 cm³/mol.